The number of halogens is 1. The van der Waals surface area contributed by atoms with E-state index in [1.165, 1.54) is 29.8 Å². The van der Waals surface area contributed by atoms with Crippen molar-refractivity contribution < 1.29 is 23.8 Å². The van der Waals surface area contributed by atoms with E-state index in [1.807, 2.05) is 37.1 Å². The van der Waals surface area contributed by atoms with Crippen LogP contribution in [0.5, 0.6) is 17.5 Å². The third kappa shape index (κ3) is 5.81. The van der Waals surface area contributed by atoms with Crippen LogP contribution in [-0.4, -0.2) is 41.2 Å². The zero-order valence-corrected chi connectivity index (χ0v) is 19.3. The molecule has 178 valence electrons. The van der Waals surface area contributed by atoms with Gasteiger partial charge in [-0.2, -0.15) is 4.98 Å². The Morgan fingerprint density at radius 2 is 1.97 bits per heavy atom. The number of ether oxygens (including phenoxy) is 2. The minimum absolute atomic E-state index is 0.100. The highest BCUT2D eigenvalue weighted by Crippen LogP contribution is 2.37. The number of hydrogen-bond acceptors (Lipinski definition) is 6. The maximum Gasteiger partial charge on any atom is 0.323 e. The monoisotopic (exact) mass is 465 g/mol. The minimum Gasteiger partial charge on any atom is -0.494 e. The summed E-state index contributed by atoms with van der Waals surface area (Å²) in [6, 6.07) is 11.9. The van der Waals surface area contributed by atoms with Crippen molar-refractivity contribution in [2.75, 3.05) is 25.1 Å². The smallest absolute Gasteiger partial charge is 0.323 e. The van der Waals surface area contributed by atoms with Crippen molar-refractivity contribution in [2.24, 2.45) is 0 Å². The molecule has 4 rings (SSSR count). The minimum atomic E-state index is -0.754. The number of nitrogens with zero attached hydrogens (tertiary/aromatic N) is 3. The normalized spacial score (nSPS) is 14.5. The molecule has 0 bridgehead atoms. The van der Waals surface area contributed by atoms with E-state index in [2.05, 4.69) is 9.97 Å². The van der Waals surface area contributed by atoms with E-state index in [0.717, 1.165) is 48.5 Å². The topological polar surface area (TPSA) is 84.8 Å². The SMILES string of the molecule is Cc1cnc(Oc2ccc(F)cc2)nc1N(C)CCCOc1ccc2c(c1)CC[C@H]2CC(=O)O. The van der Waals surface area contributed by atoms with Gasteiger partial charge in [0.15, 0.2) is 0 Å². The van der Waals surface area contributed by atoms with Crippen LogP contribution >= 0.6 is 0 Å². The van der Waals surface area contributed by atoms with Gasteiger partial charge in [-0.15, -0.1) is 0 Å². The highest BCUT2D eigenvalue weighted by molar-refractivity contribution is 5.68. The van der Waals surface area contributed by atoms with Crippen LogP contribution in [0.3, 0.4) is 0 Å². The van der Waals surface area contributed by atoms with Crippen LogP contribution in [0, 0.1) is 12.7 Å². The number of aromatic nitrogens is 2. The molecule has 1 N–H and O–H groups in total. The average molecular weight is 466 g/mol. The summed E-state index contributed by atoms with van der Waals surface area (Å²) in [6.07, 6.45) is 4.44. The Bertz CT molecular complexity index is 1150. The lowest BCUT2D eigenvalue weighted by molar-refractivity contribution is -0.137. The molecule has 0 saturated heterocycles. The lowest BCUT2D eigenvalue weighted by Gasteiger charge is -2.20. The Labute approximate surface area is 198 Å². The molecular weight excluding hydrogens is 437 g/mol. The molecule has 7 nitrogen and oxygen atoms in total. The molecule has 8 heteroatoms. The van der Waals surface area contributed by atoms with Crippen molar-refractivity contribution in [3.8, 4) is 17.5 Å². The van der Waals surface area contributed by atoms with E-state index in [0.29, 0.717) is 12.4 Å². The maximum atomic E-state index is 13.1. The lowest BCUT2D eigenvalue weighted by atomic mass is 9.98. The summed E-state index contributed by atoms with van der Waals surface area (Å²) >= 11 is 0. The van der Waals surface area contributed by atoms with Gasteiger partial charge in [0.1, 0.15) is 23.1 Å². The molecule has 0 saturated carbocycles. The van der Waals surface area contributed by atoms with Gasteiger partial charge in [-0.25, -0.2) is 9.37 Å². The third-order valence-electron chi connectivity index (χ3n) is 5.95. The second kappa shape index (κ2) is 10.5. The predicted octanol–water partition coefficient (Wildman–Crippen LogP) is 5.13. The van der Waals surface area contributed by atoms with Gasteiger partial charge in [0.05, 0.1) is 13.0 Å². The van der Waals surface area contributed by atoms with Gasteiger partial charge in [0.2, 0.25) is 0 Å². The lowest BCUT2D eigenvalue weighted by Crippen LogP contribution is -2.22. The Morgan fingerprint density at radius 3 is 2.74 bits per heavy atom. The first-order valence-electron chi connectivity index (χ1n) is 11.3. The van der Waals surface area contributed by atoms with Gasteiger partial charge in [-0.3, -0.25) is 4.79 Å². The summed E-state index contributed by atoms with van der Waals surface area (Å²) in [7, 11) is 1.95. The van der Waals surface area contributed by atoms with E-state index in [4.69, 9.17) is 14.6 Å². The molecule has 1 aromatic heterocycles. The molecule has 0 fully saturated rings. The van der Waals surface area contributed by atoms with Crippen LogP contribution < -0.4 is 14.4 Å². The zero-order chi connectivity index (χ0) is 24.1. The van der Waals surface area contributed by atoms with Crippen LogP contribution in [0.15, 0.2) is 48.7 Å². The van der Waals surface area contributed by atoms with Crippen molar-refractivity contribution in [1.82, 2.24) is 9.97 Å². The Hall–Kier alpha value is -3.68. The molecule has 34 heavy (non-hydrogen) atoms. The summed E-state index contributed by atoms with van der Waals surface area (Å²) < 4.78 is 24.7. The number of carboxylic acids is 1. The molecular formula is C26H28FN3O4. The van der Waals surface area contributed by atoms with Gasteiger partial charge in [-0.1, -0.05) is 6.07 Å². The molecule has 0 unspecified atom stereocenters. The van der Waals surface area contributed by atoms with Crippen LogP contribution in [0.25, 0.3) is 0 Å². The third-order valence-corrected chi connectivity index (χ3v) is 5.95. The predicted molar refractivity (Wildman–Crippen MR) is 126 cm³/mol. The number of aliphatic carboxylic acids is 1. The highest BCUT2D eigenvalue weighted by Gasteiger charge is 2.24. The van der Waals surface area contributed by atoms with Crippen LogP contribution in [0.2, 0.25) is 0 Å². The number of carbonyl (C=O) groups is 1. The number of benzene rings is 2. The molecule has 1 aliphatic carbocycles. The van der Waals surface area contributed by atoms with Gasteiger partial charge in [-0.05, 0) is 79.6 Å². The van der Waals surface area contributed by atoms with Crippen molar-refractivity contribution in [2.45, 2.75) is 38.5 Å². The first kappa shape index (κ1) is 23.5. The molecule has 1 heterocycles. The van der Waals surface area contributed by atoms with Crippen molar-refractivity contribution in [1.29, 1.82) is 0 Å². The summed E-state index contributed by atoms with van der Waals surface area (Å²) in [5.41, 5.74) is 3.24. The van der Waals surface area contributed by atoms with Gasteiger partial charge in [0.25, 0.3) is 0 Å². The fourth-order valence-corrected chi connectivity index (χ4v) is 4.25. The molecule has 3 aromatic rings. The molecule has 2 aromatic carbocycles. The fraction of sp³-hybridized carbons (Fsp3) is 0.346. The molecule has 0 amide bonds. The summed E-state index contributed by atoms with van der Waals surface area (Å²) in [6.45, 7) is 3.20. The maximum absolute atomic E-state index is 13.1. The van der Waals surface area contributed by atoms with Crippen LogP contribution in [0.4, 0.5) is 10.2 Å². The highest BCUT2D eigenvalue weighted by atomic mass is 19.1. The number of fused-ring (bicyclic) bond motifs is 1. The summed E-state index contributed by atoms with van der Waals surface area (Å²) in [5, 5.41) is 9.08. The van der Waals surface area contributed by atoms with E-state index >= 15 is 0 Å². The molecule has 0 radical (unpaired) electrons. The molecule has 1 atom stereocenters. The van der Waals surface area contributed by atoms with E-state index in [1.54, 1.807) is 6.20 Å². The largest absolute Gasteiger partial charge is 0.494 e. The first-order valence-corrected chi connectivity index (χ1v) is 11.3. The summed E-state index contributed by atoms with van der Waals surface area (Å²) in [4.78, 5) is 21.8. The van der Waals surface area contributed by atoms with E-state index in [9.17, 15) is 9.18 Å². The number of rotatable bonds is 10. The van der Waals surface area contributed by atoms with E-state index < -0.39 is 5.97 Å². The van der Waals surface area contributed by atoms with Gasteiger partial charge in [0, 0.05) is 25.4 Å². The van der Waals surface area contributed by atoms with E-state index in [-0.39, 0.29) is 24.2 Å². The van der Waals surface area contributed by atoms with Crippen LogP contribution in [0.1, 0.15) is 41.9 Å². The Morgan fingerprint density at radius 1 is 1.21 bits per heavy atom. The van der Waals surface area contributed by atoms with Gasteiger partial charge >= 0.3 is 12.0 Å². The Balaban J connectivity index is 1.29. The fourth-order valence-electron chi connectivity index (χ4n) is 4.25. The van der Waals surface area contributed by atoms with Crippen LogP contribution in [-0.2, 0) is 11.2 Å². The standard InChI is InChI=1S/C26H28FN3O4/c1-17-16-28-26(34-21-8-6-20(27)7-9-21)29-25(17)30(2)12-3-13-33-22-10-11-23-18(14-22)4-5-19(23)15-24(31)32/h6-11,14,16,19H,3-5,12-13,15H2,1-2H3,(H,31,32)/t19-/m0/s1. The second-order valence-electron chi connectivity index (χ2n) is 8.53. The summed E-state index contributed by atoms with van der Waals surface area (Å²) in [5.74, 6) is 1.05. The second-order valence-corrected chi connectivity index (χ2v) is 8.53. The Kier molecular flexibility index (Phi) is 7.25. The van der Waals surface area contributed by atoms with Crippen molar-refractivity contribution in [3.05, 3.63) is 71.2 Å². The number of anilines is 1. The molecule has 1 aliphatic rings. The number of carboxylic acid groups (broad SMARTS) is 1. The molecule has 0 aliphatic heterocycles. The zero-order valence-electron chi connectivity index (χ0n) is 19.3. The van der Waals surface area contributed by atoms with Crippen molar-refractivity contribution in [3.63, 3.8) is 0 Å². The number of hydrogen-bond donors (Lipinski definition) is 1. The number of aryl methyl sites for hydroxylation is 2. The average Bonchev–Trinajstić information content (AvgIpc) is 3.20. The molecule has 0 spiro atoms. The van der Waals surface area contributed by atoms with Gasteiger partial charge < -0.3 is 19.5 Å². The first-order chi connectivity index (χ1) is 16.4. The quantitative estimate of drug-likeness (QED) is 0.416. The van der Waals surface area contributed by atoms with Crippen molar-refractivity contribution >= 4 is 11.8 Å².